The number of carbonyl (C=O) groups is 2. The van der Waals surface area contributed by atoms with Crippen LogP contribution in [0.1, 0.15) is 12.8 Å². The number of sulfonamides is 1. The van der Waals surface area contributed by atoms with Crippen LogP contribution in [0.4, 0.5) is 4.79 Å². The van der Waals surface area contributed by atoms with Gasteiger partial charge in [-0.05, 0) is 37.1 Å². The SMILES string of the molecule is NC(=O)NC(=O)CN1CCC(NS(=O)(=O)c2ccc(Cl)cc2)CC1. The summed E-state index contributed by atoms with van der Waals surface area (Å²) >= 11 is 5.76. The van der Waals surface area contributed by atoms with Gasteiger partial charge in [0.2, 0.25) is 15.9 Å². The van der Waals surface area contributed by atoms with E-state index in [1.165, 1.54) is 24.3 Å². The van der Waals surface area contributed by atoms with Crippen molar-refractivity contribution in [1.82, 2.24) is 14.9 Å². The highest BCUT2D eigenvalue weighted by Crippen LogP contribution is 2.17. The molecular formula is C14H19ClN4O4S. The van der Waals surface area contributed by atoms with Crippen molar-refractivity contribution in [1.29, 1.82) is 0 Å². The summed E-state index contributed by atoms with van der Waals surface area (Å²) in [5.74, 6) is -0.470. The Hall–Kier alpha value is -1.68. The van der Waals surface area contributed by atoms with Crippen molar-refractivity contribution >= 4 is 33.6 Å². The summed E-state index contributed by atoms with van der Waals surface area (Å²) in [6, 6.07) is 4.86. The van der Waals surface area contributed by atoms with Gasteiger partial charge in [0.1, 0.15) is 0 Å². The molecule has 2 rings (SSSR count). The molecule has 0 spiro atoms. The maximum atomic E-state index is 12.3. The third-order valence-corrected chi connectivity index (χ3v) is 5.45. The van der Waals surface area contributed by atoms with Crippen LogP contribution in [0.25, 0.3) is 0 Å². The normalized spacial score (nSPS) is 16.7. The molecule has 1 aromatic rings. The number of hydrogen-bond acceptors (Lipinski definition) is 5. The first-order valence-electron chi connectivity index (χ1n) is 7.36. The van der Waals surface area contributed by atoms with E-state index in [1.54, 1.807) is 0 Å². The Bertz CT molecular complexity index is 700. The summed E-state index contributed by atoms with van der Waals surface area (Å²) in [5, 5.41) is 2.47. The molecule has 0 saturated carbocycles. The molecule has 132 valence electrons. The third-order valence-electron chi connectivity index (χ3n) is 3.66. The van der Waals surface area contributed by atoms with Crippen LogP contribution in [0.2, 0.25) is 5.02 Å². The molecule has 0 aromatic heterocycles. The molecule has 4 N–H and O–H groups in total. The third kappa shape index (κ3) is 5.45. The van der Waals surface area contributed by atoms with Crippen LogP contribution in [0.5, 0.6) is 0 Å². The standard InChI is InChI=1S/C14H19ClN4O4S/c15-10-1-3-12(4-2-10)24(22,23)18-11-5-7-19(8-6-11)9-13(20)17-14(16)21/h1-4,11,18H,5-9H2,(H3,16,17,20,21). The summed E-state index contributed by atoms with van der Waals surface area (Å²) < 4.78 is 27.3. The highest BCUT2D eigenvalue weighted by molar-refractivity contribution is 7.89. The summed E-state index contributed by atoms with van der Waals surface area (Å²) in [4.78, 5) is 24.1. The van der Waals surface area contributed by atoms with E-state index in [0.717, 1.165) is 0 Å². The highest BCUT2D eigenvalue weighted by Gasteiger charge is 2.25. The molecule has 1 aliphatic heterocycles. The van der Waals surface area contributed by atoms with Gasteiger partial charge in [-0.15, -0.1) is 0 Å². The number of primary amides is 1. The van der Waals surface area contributed by atoms with Crippen molar-refractivity contribution in [3.8, 4) is 0 Å². The van der Waals surface area contributed by atoms with Gasteiger partial charge >= 0.3 is 6.03 Å². The topological polar surface area (TPSA) is 122 Å². The Morgan fingerprint density at radius 2 is 1.79 bits per heavy atom. The Morgan fingerprint density at radius 3 is 2.33 bits per heavy atom. The number of carbonyl (C=O) groups excluding carboxylic acids is 2. The molecule has 1 saturated heterocycles. The van der Waals surface area contributed by atoms with Crippen LogP contribution in [-0.2, 0) is 14.8 Å². The number of nitrogens with one attached hydrogen (secondary N) is 2. The van der Waals surface area contributed by atoms with Crippen molar-refractivity contribution in [2.45, 2.75) is 23.8 Å². The smallest absolute Gasteiger partial charge is 0.318 e. The summed E-state index contributed by atoms with van der Waals surface area (Å²) in [6.45, 7) is 1.14. The number of likely N-dealkylation sites (tertiary alicyclic amines) is 1. The fourth-order valence-corrected chi connectivity index (χ4v) is 3.92. The Kier molecular flexibility index (Phi) is 6.16. The van der Waals surface area contributed by atoms with Crippen molar-refractivity contribution in [3.05, 3.63) is 29.3 Å². The number of amides is 3. The number of nitrogens with two attached hydrogens (primary N) is 1. The van der Waals surface area contributed by atoms with E-state index in [2.05, 4.69) is 4.72 Å². The first kappa shape index (κ1) is 18.7. The molecule has 0 bridgehead atoms. The molecule has 0 aliphatic carbocycles. The van der Waals surface area contributed by atoms with E-state index in [-0.39, 0.29) is 17.5 Å². The second-order valence-corrected chi connectivity index (χ2v) is 7.69. The molecule has 1 aliphatic rings. The average molecular weight is 375 g/mol. The minimum absolute atomic E-state index is 0.0552. The average Bonchev–Trinajstić information content (AvgIpc) is 2.48. The Labute approximate surface area is 145 Å². The van der Waals surface area contributed by atoms with Crippen LogP contribution >= 0.6 is 11.6 Å². The number of imide groups is 1. The summed E-state index contributed by atoms with van der Waals surface area (Å²) in [6.07, 6.45) is 1.13. The minimum Gasteiger partial charge on any atom is -0.351 e. The van der Waals surface area contributed by atoms with Crippen molar-refractivity contribution in [2.75, 3.05) is 19.6 Å². The monoisotopic (exact) mass is 374 g/mol. The van der Waals surface area contributed by atoms with E-state index >= 15 is 0 Å². The first-order valence-corrected chi connectivity index (χ1v) is 9.22. The van der Waals surface area contributed by atoms with Gasteiger partial charge in [-0.25, -0.2) is 17.9 Å². The molecular weight excluding hydrogens is 356 g/mol. The summed E-state index contributed by atoms with van der Waals surface area (Å²) in [5.41, 5.74) is 4.88. The predicted molar refractivity (Wildman–Crippen MR) is 89.0 cm³/mol. The Balaban J connectivity index is 1.85. The van der Waals surface area contributed by atoms with Crippen LogP contribution in [0, 0.1) is 0 Å². The summed E-state index contributed by atoms with van der Waals surface area (Å²) in [7, 11) is -3.60. The highest BCUT2D eigenvalue weighted by atomic mass is 35.5. The van der Waals surface area contributed by atoms with Crippen molar-refractivity contribution in [2.24, 2.45) is 5.73 Å². The van der Waals surface area contributed by atoms with E-state index in [4.69, 9.17) is 17.3 Å². The first-order chi connectivity index (χ1) is 11.3. The lowest BCUT2D eigenvalue weighted by Crippen LogP contribution is -2.48. The molecule has 3 amide bonds. The van der Waals surface area contributed by atoms with Gasteiger partial charge in [0.05, 0.1) is 11.4 Å². The number of benzene rings is 1. The van der Waals surface area contributed by atoms with E-state index in [0.29, 0.717) is 31.0 Å². The van der Waals surface area contributed by atoms with E-state index in [1.807, 2.05) is 10.2 Å². The zero-order valence-corrected chi connectivity index (χ0v) is 14.4. The molecule has 0 radical (unpaired) electrons. The molecule has 1 aromatic carbocycles. The molecule has 10 heteroatoms. The van der Waals surface area contributed by atoms with E-state index in [9.17, 15) is 18.0 Å². The van der Waals surface area contributed by atoms with Crippen LogP contribution < -0.4 is 15.8 Å². The van der Waals surface area contributed by atoms with Crippen molar-refractivity contribution in [3.63, 3.8) is 0 Å². The van der Waals surface area contributed by atoms with E-state index < -0.39 is 22.0 Å². The fourth-order valence-electron chi connectivity index (χ4n) is 2.49. The van der Waals surface area contributed by atoms with Gasteiger partial charge in [0.25, 0.3) is 0 Å². The van der Waals surface area contributed by atoms with Crippen LogP contribution in [0.3, 0.4) is 0 Å². The molecule has 0 unspecified atom stereocenters. The number of piperidine rings is 1. The lowest BCUT2D eigenvalue weighted by atomic mass is 10.1. The largest absolute Gasteiger partial charge is 0.351 e. The zero-order chi connectivity index (χ0) is 17.7. The van der Waals surface area contributed by atoms with Crippen molar-refractivity contribution < 1.29 is 18.0 Å². The molecule has 24 heavy (non-hydrogen) atoms. The van der Waals surface area contributed by atoms with Gasteiger partial charge in [-0.3, -0.25) is 15.0 Å². The molecule has 0 atom stereocenters. The maximum Gasteiger partial charge on any atom is 0.318 e. The number of urea groups is 1. The van der Waals surface area contributed by atoms with Gasteiger partial charge in [0.15, 0.2) is 0 Å². The second-order valence-electron chi connectivity index (χ2n) is 5.54. The Morgan fingerprint density at radius 1 is 1.21 bits per heavy atom. The lowest BCUT2D eigenvalue weighted by Gasteiger charge is -2.31. The van der Waals surface area contributed by atoms with Crippen LogP contribution in [0.15, 0.2) is 29.2 Å². The van der Waals surface area contributed by atoms with Gasteiger partial charge in [-0.1, -0.05) is 11.6 Å². The molecule has 1 fully saturated rings. The number of hydrogen-bond donors (Lipinski definition) is 3. The number of halogens is 1. The number of rotatable bonds is 5. The fraction of sp³-hybridized carbons (Fsp3) is 0.429. The van der Waals surface area contributed by atoms with Gasteiger partial charge in [0, 0.05) is 24.2 Å². The maximum absolute atomic E-state index is 12.3. The van der Waals surface area contributed by atoms with Gasteiger partial charge in [-0.2, -0.15) is 0 Å². The van der Waals surface area contributed by atoms with Gasteiger partial charge < -0.3 is 5.73 Å². The predicted octanol–water partition coefficient (Wildman–Crippen LogP) is 0.278. The quantitative estimate of drug-likeness (QED) is 0.683. The second kappa shape index (κ2) is 7.93. The van der Waals surface area contributed by atoms with Crippen LogP contribution in [-0.4, -0.2) is 50.9 Å². The minimum atomic E-state index is -3.60. The molecule has 1 heterocycles. The lowest BCUT2D eigenvalue weighted by molar-refractivity contribution is -0.121. The molecule has 8 nitrogen and oxygen atoms in total. The zero-order valence-electron chi connectivity index (χ0n) is 12.9. The number of nitrogens with zero attached hydrogens (tertiary/aromatic N) is 1.